The fourth-order valence-electron chi connectivity index (χ4n) is 2.42. The van der Waals surface area contributed by atoms with Gasteiger partial charge >= 0.3 is 0 Å². The van der Waals surface area contributed by atoms with E-state index in [1.165, 1.54) is 13.0 Å². The highest BCUT2D eigenvalue weighted by Crippen LogP contribution is 2.18. The van der Waals surface area contributed by atoms with Gasteiger partial charge in [0.1, 0.15) is 11.5 Å². The minimum atomic E-state index is -0.228. The quantitative estimate of drug-likeness (QED) is 0.902. The molecule has 1 heterocycles. The molecule has 118 valence electrons. The first-order chi connectivity index (χ1) is 10.5. The summed E-state index contributed by atoms with van der Waals surface area (Å²) in [7, 11) is 0. The van der Waals surface area contributed by atoms with Crippen LogP contribution in [-0.2, 0) is 9.59 Å². The van der Waals surface area contributed by atoms with Crippen molar-refractivity contribution in [2.45, 2.75) is 19.8 Å². The van der Waals surface area contributed by atoms with Crippen LogP contribution in [0, 0.1) is 0 Å². The van der Waals surface area contributed by atoms with Gasteiger partial charge in [-0.2, -0.15) is 0 Å². The van der Waals surface area contributed by atoms with Gasteiger partial charge in [0.2, 0.25) is 5.91 Å². The Morgan fingerprint density at radius 1 is 1.00 bits per heavy atom. The van der Waals surface area contributed by atoms with E-state index in [0.29, 0.717) is 26.2 Å². The Morgan fingerprint density at radius 2 is 1.59 bits per heavy atom. The number of hydrogen-bond acceptors (Lipinski definition) is 4. The zero-order chi connectivity index (χ0) is 16.1. The molecule has 1 aromatic rings. The van der Waals surface area contributed by atoms with E-state index in [0.717, 1.165) is 0 Å². The summed E-state index contributed by atoms with van der Waals surface area (Å²) in [5.74, 6) is -0.312. The predicted octanol–water partition coefficient (Wildman–Crippen LogP) is 1.05. The fourth-order valence-corrected chi connectivity index (χ4v) is 2.42. The number of amides is 2. The SMILES string of the molecule is CC(=O)CCC(=O)N1CCN(C(=O)c2ccccc2O)CC1. The molecule has 0 bridgehead atoms. The molecule has 1 fully saturated rings. The van der Waals surface area contributed by atoms with Crippen LogP contribution in [0.2, 0.25) is 0 Å². The third-order valence-corrected chi connectivity index (χ3v) is 3.74. The summed E-state index contributed by atoms with van der Waals surface area (Å²) in [4.78, 5) is 38.5. The van der Waals surface area contributed by atoms with Crippen molar-refractivity contribution < 1.29 is 19.5 Å². The maximum absolute atomic E-state index is 12.3. The highest BCUT2D eigenvalue weighted by atomic mass is 16.3. The number of nitrogens with zero attached hydrogens (tertiary/aromatic N) is 2. The zero-order valence-electron chi connectivity index (χ0n) is 12.6. The Kier molecular flexibility index (Phi) is 5.14. The Labute approximate surface area is 129 Å². The van der Waals surface area contributed by atoms with Gasteiger partial charge in [0.25, 0.3) is 5.91 Å². The summed E-state index contributed by atoms with van der Waals surface area (Å²) in [6.45, 7) is 3.24. The number of ketones is 1. The molecular weight excluding hydrogens is 284 g/mol. The van der Waals surface area contributed by atoms with Crippen molar-refractivity contribution in [2.24, 2.45) is 0 Å². The van der Waals surface area contributed by atoms with Crippen molar-refractivity contribution in [1.29, 1.82) is 0 Å². The lowest BCUT2D eigenvalue weighted by atomic mass is 10.1. The fraction of sp³-hybridized carbons (Fsp3) is 0.438. The Balaban J connectivity index is 1.89. The number of carbonyl (C=O) groups is 3. The number of benzene rings is 1. The minimum absolute atomic E-state index is 0.00159. The Hall–Kier alpha value is -2.37. The van der Waals surface area contributed by atoms with Crippen LogP contribution in [0.3, 0.4) is 0 Å². The number of carbonyl (C=O) groups excluding carboxylic acids is 3. The van der Waals surface area contributed by atoms with Crippen LogP contribution < -0.4 is 0 Å². The van der Waals surface area contributed by atoms with E-state index in [1.54, 1.807) is 28.0 Å². The zero-order valence-corrected chi connectivity index (χ0v) is 12.6. The third-order valence-electron chi connectivity index (χ3n) is 3.74. The molecule has 2 amide bonds. The van der Waals surface area contributed by atoms with Crippen LogP contribution in [0.1, 0.15) is 30.1 Å². The van der Waals surface area contributed by atoms with E-state index in [4.69, 9.17) is 0 Å². The molecule has 6 heteroatoms. The molecule has 6 nitrogen and oxygen atoms in total. The number of Topliss-reactive ketones (excluding diaryl/α,β-unsaturated/α-hetero) is 1. The lowest BCUT2D eigenvalue weighted by molar-refractivity contribution is -0.134. The molecule has 0 atom stereocenters. The van der Waals surface area contributed by atoms with Gasteiger partial charge in [0.15, 0.2) is 0 Å². The van der Waals surface area contributed by atoms with E-state index in [1.807, 2.05) is 0 Å². The Morgan fingerprint density at radius 3 is 2.18 bits per heavy atom. The largest absolute Gasteiger partial charge is 0.507 e. The van der Waals surface area contributed by atoms with Gasteiger partial charge < -0.3 is 19.7 Å². The average Bonchev–Trinajstić information content (AvgIpc) is 2.52. The van der Waals surface area contributed by atoms with Crippen LogP contribution in [0.15, 0.2) is 24.3 Å². The van der Waals surface area contributed by atoms with Gasteiger partial charge in [0, 0.05) is 39.0 Å². The predicted molar refractivity (Wildman–Crippen MR) is 80.5 cm³/mol. The van der Waals surface area contributed by atoms with Crippen molar-refractivity contribution in [1.82, 2.24) is 9.80 Å². The van der Waals surface area contributed by atoms with Crippen molar-refractivity contribution in [3.63, 3.8) is 0 Å². The first kappa shape index (κ1) is 16.0. The van der Waals surface area contributed by atoms with E-state index in [9.17, 15) is 19.5 Å². The second-order valence-corrected chi connectivity index (χ2v) is 5.39. The smallest absolute Gasteiger partial charge is 0.257 e. The molecule has 1 aliphatic heterocycles. The number of rotatable bonds is 4. The van der Waals surface area contributed by atoms with E-state index < -0.39 is 0 Å². The van der Waals surface area contributed by atoms with Gasteiger partial charge in [-0.25, -0.2) is 0 Å². The Bertz CT molecular complexity index is 577. The number of para-hydroxylation sites is 1. The molecule has 0 radical (unpaired) electrons. The molecule has 0 spiro atoms. The average molecular weight is 304 g/mol. The maximum atomic E-state index is 12.3. The summed E-state index contributed by atoms with van der Waals surface area (Å²) in [5, 5.41) is 9.73. The highest BCUT2D eigenvalue weighted by molar-refractivity contribution is 5.97. The molecule has 0 aromatic heterocycles. The standard InChI is InChI=1S/C16H20N2O4/c1-12(19)6-7-15(21)17-8-10-18(11-9-17)16(22)13-4-2-3-5-14(13)20/h2-5,20H,6-11H2,1H3. The minimum Gasteiger partial charge on any atom is -0.507 e. The molecule has 0 aliphatic carbocycles. The first-order valence-corrected chi connectivity index (χ1v) is 7.33. The monoisotopic (exact) mass is 304 g/mol. The second-order valence-electron chi connectivity index (χ2n) is 5.39. The summed E-state index contributed by atoms with van der Waals surface area (Å²) in [5.41, 5.74) is 0.277. The van der Waals surface area contributed by atoms with Crippen molar-refractivity contribution in [3.05, 3.63) is 29.8 Å². The van der Waals surface area contributed by atoms with Crippen molar-refractivity contribution in [2.75, 3.05) is 26.2 Å². The molecule has 1 saturated heterocycles. The second kappa shape index (κ2) is 7.06. The molecule has 22 heavy (non-hydrogen) atoms. The van der Waals surface area contributed by atoms with Gasteiger partial charge in [0.05, 0.1) is 5.56 Å². The summed E-state index contributed by atoms with van der Waals surface area (Å²) in [6.07, 6.45) is 0.485. The van der Waals surface area contributed by atoms with Crippen molar-refractivity contribution >= 4 is 17.6 Å². The van der Waals surface area contributed by atoms with Crippen LogP contribution in [0.4, 0.5) is 0 Å². The molecule has 2 rings (SSSR count). The molecule has 0 saturated carbocycles. The topological polar surface area (TPSA) is 77.9 Å². The molecule has 1 aromatic carbocycles. The van der Waals surface area contributed by atoms with Crippen molar-refractivity contribution in [3.8, 4) is 5.75 Å². The van der Waals surface area contributed by atoms with Crippen LogP contribution >= 0.6 is 0 Å². The van der Waals surface area contributed by atoms with Crippen LogP contribution in [-0.4, -0.2) is 58.7 Å². The molecule has 0 unspecified atom stereocenters. The van der Waals surface area contributed by atoms with E-state index in [2.05, 4.69) is 0 Å². The van der Waals surface area contributed by atoms with Gasteiger partial charge in [-0.05, 0) is 19.1 Å². The number of hydrogen-bond donors (Lipinski definition) is 1. The molecule has 1 aliphatic rings. The van der Waals surface area contributed by atoms with Gasteiger partial charge in [-0.15, -0.1) is 0 Å². The maximum Gasteiger partial charge on any atom is 0.257 e. The summed E-state index contributed by atoms with van der Waals surface area (Å²) in [6, 6.07) is 6.43. The van der Waals surface area contributed by atoms with Crippen LogP contribution in [0.25, 0.3) is 0 Å². The lowest BCUT2D eigenvalue weighted by Crippen LogP contribution is -2.50. The van der Waals surface area contributed by atoms with E-state index >= 15 is 0 Å². The molecule has 1 N–H and O–H groups in total. The normalized spacial score (nSPS) is 14.8. The summed E-state index contributed by atoms with van der Waals surface area (Å²) < 4.78 is 0. The lowest BCUT2D eigenvalue weighted by Gasteiger charge is -2.35. The van der Waals surface area contributed by atoms with Crippen LogP contribution in [0.5, 0.6) is 5.75 Å². The van der Waals surface area contributed by atoms with Gasteiger partial charge in [-0.1, -0.05) is 12.1 Å². The van der Waals surface area contributed by atoms with Gasteiger partial charge in [-0.3, -0.25) is 9.59 Å². The first-order valence-electron chi connectivity index (χ1n) is 7.33. The number of phenols is 1. The number of aromatic hydroxyl groups is 1. The third kappa shape index (κ3) is 3.84. The highest BCUT2D eigenvalue weighted by Gasteiger charge is 2.25. The number of piperazine rings is 1. The van der Waals surface area contributed by atoms with E-state index in [-0.39, 0.29) is 41.8 Å². The summed E-state index contributed by atoms with van der Waals surface area (Å²) >= 11 is 0. The molecular formula is C16H20N2O4. The number of phenolic OH excluding ortho intramolecular Hbond substituents is 1.